The van der Waals surface area contributed by atoms with Crippen molar-refractivity contribution in [3.63, 3.8) is 0 Å². The monoisotopic (exact) mass is 289 g/mol. The molecule has 0 aliphatic carbocycles. The summed E-state index contributed by atoms with van der Waals surface area (Å²) in [5.41, 5.74) is 1.50. The van der Waals surface area contributed by atoms with Crippen LogP contribution in [-0.4, -0.2) is 44.4 Å². The number of carboxylic acid groups (broad SMARTS) is 1. The molecule has 2 aromatic heterocycles. The van der Waals surface area contributed by atoms with Crippen molar-refractivity contribution in [2.45, 2.75) is 26.2 Å². The average molecular weight is 289 g/mol. The van der Waals surface area contributed by atoms with Gasteiger partial charge in [0.05, 0.1) is 18.5 Å². The smallest absolute Gasteiger partial charge is 0.305 e. The molecule has 0 aromatic carbocycles. The second kappa shape index (κ2) is 6.88. The normalized spacial score (nSPS) is 10.7. The summed E-state index contributed by atoms with van der Waals surface area (Å²) >= 11 is 0. The van der Waals surface area contributed by atoms with Gasteiger partial charge in [0.25, 0.3) is 0 Å². The minimum absolute atomic E-state index is 0.0308. The van der Waals surface area contributed by atoms with Gasteiger partial charge in [-0.3, -0.25) is 9.59 Å². The zero-order valence-corrected chi connectivity index (χ0v) is 12.0. The minimum atomic E-state index is -0.892. The van der Waals surface area contributed by atoms with E-state index < -0.39 is 5.97 Å². The Morgan fingerprint density at radius 2 is 2.14 bits per heavy atom. The van der Waals surface area contributed by atoms with Crippen LogP contribution in [0, 0.1) is 0 Å². The molecule has 0 atom stereocenters. The second-order valence-corrected chi connectivity index (χ2v) is 4.90. The zero-order chi connectivity index (χ0) is 15.2. The summed E-state index contributed by atoms with van der Waals surface area (Å²) in [6.45, 7) is 2.78. The van der Waals surface area contributed by atoms with Gasteiger partial charge in [0.1, 0.15) is 5.65 Å². The first kappa shape index (κ1) is 15.0. The highest BCUT2D eigenvalue weighted by Crippen LogP contribution is 2.07. The van der Waals surface area contributed by atoms with Gasteiger partial charge < -0.3 is 14.4 Å². The molecular formula is C15H19N3O3. The van der Waals surface area contributed by atoms with E-state index in [1.165, 1.54) is 0 Å². The number of rotatable bonds is 7. The maximum Gasteiger partial charge on any atom is 0.305 e. The first-order chi connectivity index (χ1) is 10.1. The van der Waals surface area contributed by atoms with Crippen LogP contribution in [-0.2, 0) is 16.0 Å². The number of aliphatic carboxylic acids is 1. The number of nitrogens with zero attached hydrogens (tertiary/aromatic N) is 3. The van der Waals surface area contributed by atoms with Crippen LogP contribution in [0.25, 0.3) is 5.65 Å². The van der Waals surface area contributed by atoms with Gasteiger partial charge in [-0.25, -0.2) is 4.98 Å². The molecule has 6 heteroatoms. The Bertz CT molecular complexity index is 603. The third-order valence-electron chi connectivity index (χ3n) is 3.19. The Kier molecular flexibility index (Phi) is 4.92. The molecule has 0 aliphatic rings. The maximum atomic E-state index is 12.3. The van der Waals surface area contributed by atoms with Gasteiger partial charge >= 0.3 is 5.97 Å². The summed E-state index contributed by atoms with van der Waals surface area (Å²) in [6, 6.07) is 5.67. The SMILES string of the molecule is CCCN(CCC(=O)O)C(=O)Cc1cn2ccccc2n1. The van der Waals surface area contributed by atoms with E-state index in [-0.39, 0.29) is 25.3 Å². The molecule has 6 nitrogen and oxygen atoms in total. The number of aromatic nitrogens is 2. The summed E-state index contributed by atoms with van der Waals surface area (Å²) in [7, 11) is 0. The van der Waals surface area contributed by atoms with E-state index in [1.54, 1.807) is 4.90 Å². The molecule has 2 rings (SSSR count). The number of amides is 1. The van der Waals surface area contributed by atoms with Crippen molar-refractivity contribution in [3.8, 4) is 0 Å². The Morgan fingerprint density at radius 3 is 2.81 bits per heavy atom. The number of hydrogen-bond acceptors (Lipinski definition) is 3. The fourth-order valence-electron chi connectivity index (χ4n) is 2.20. The van der Waals surface area contributed by atoms with E-state index in [2.05, 4.69) is 4.98 Å². The first-order valence-corrected chi connectivity index (χ1v) is 7.02. The third kappa shape index (κ3) is 4.05. The van der Waals surface area contributed by atoms with Crippen molar-refractivity contribution < 1.29 is 14.7 Å². The number of carbonyl (C=O) groups excluding carboxylic acids is 1. The lowest BCUT2D eigenvalue weighted by Crippen LogP contribution is -2.34. The van der Waals surface area contributed by atoms with Crippen LogP contribution >= 0.6 is 0 Å². The lowest BCUT2D eigenvalue weighted by molar-refractivity contribution is -0.138. The van der Waals surface area contributed by atoms with Crippen LogP contribution in [0.3, 0.4) is 0 Å². The Morgan fingerprint density at radius 1 is 1.33 bits per heavy atom. The number of pyridine rings is 1. The molecule has 0 unspecified atom stereocenters. The van der Waals surface area contributed by atoms with Gasteiger partial charge in [0.2, 0.25) is 5.91 Å². The van der Waals surface area contributed by atoms with Crippen LogP contribution < -0.4 is 0 Å². The molecule has 112 valence electrons. The fourth-order valence-corrected chi connectivity index (χ4v) is 2.20. The van der Waals surface area contributed by atoms with Crippen molar-refractivity contribution in [3.05, 3.63) is 36.3 Å². The van der Waals surface area contributed by atoms with Gasteiger partial charge in [-0.2, -0.15) is 0 Å². The van der Waals surface area contributed by atoms with Crippen molar-refractivity contribution in [2.24, 2.45) is 0 Å². The summed E-state index contributed by atoms with van der Waals surface area (Å²) in [5.74, 6) is -0.974. The Hall–Kier alpha value is -2.37. The van der Waals surface area contributed by atoms with Crippen LogP contribution in [0.2, 0.25) is 0 Å². The lowest BCUT2D eigenvalue weighted by Gasteiger charge is -2.20. The topological polar surface area (TPSA) is 74.9 Å². The van der Waals surface area contributed by atoms with Crippen LogP contribution in [0.4, 0.5) is 0 Å². The van der Waals surface area contributed by atoms with E-state index in [4.69, 9.17) is 5.11 Å². The molecule has 0 fully saturated rings. The molecule has 0 saturated heterocycles. The lowest BCUT2D eigenvalue weighted by atomic mass is 10.2. The quantitative estimate of drug-likeness (QED) is 0.840. The van der Waals surface area contributed by atoms with Crippen LogP contribution in [0.5, 0.6) is 0 Å². The average Bonchev–Trinajstić information content (AvgIpc) is 2.85. The fraction of sp³-hybridized carbons (Fsp3) is 0.400. The van der Waals surface area contributed by atoms with Crippen molar-refractivity contribution >= 4 is 17.5 Å². The first-order valence-electron chi connectivity index (χ1n) is 7.02. The molecule has 0 saturated carbocycles. The third-order valence-corrected chi connectivity index (χ3v) is 3.19. The van der Waals surface area contributed by atoms with Crippen molar-refractivity contribution in [2.75, 3.05) is 13.1 Å². The Balaban J connectivity index is 2.04. The van der Waals surface area contributed by atoms with Crippen molar-refractivity contribution in [1.29, 1.82) is 0 Å². The van der Waals surface area contributed by atoms with Crippen LogP contribution in [0.15, 0.2) is 30.6 Å². The van der Waals surface area contributed by atoms with E-state index >= 15 is 0 Å². The molecular weight excluding hydrogens is 270 g/mol. The number of carboxylic acids is 1. The summed E-state index contributed by atoms with van der Waals surface area (Å²) in [4.78, 5) is 28.9. The number of fused-ring (bicyclic) bond motifs is 1. The van der Waals surface area contributed by atoms with Crippen molar-refractivity contribution in [1.82, 2.24) is 14.3 Å². The second-order valence-electron chi connectivity index (χ2n) is 4.90. The van der Waals surface area contributed by atoms with Gasteiger partial charge in [0.15, 0.2) is 0 Å². The van der Waals surface area contributed by atoms with Gasteiger partial charge in [-0.05, 0) is 18.6 Å². The molecule has 0 spiro atoms. The predicted molar refractivity (Wildman–Crippen MR) is 78.0 cm³/mol. The molecule has 2 aromatic rings. The highest BCUT2D eigenvalue weighted by atomic mass is 16.4. The molecule has 21 heavy (non-hydrogen) atoms. The summed E-state index contributed by atoms with van der Waals surface area (Å²) in [6.07, 6.45) is 4.67. The van der Waals surface area contributed by atoms with E-state index in [0.29, 0.717) is 12.2 Å². The van der Waals surface area contributed by atoms with Gasteiger partial charge in [-0.1, -0.05) is 13.0 Å². The molecule has 0 aliphatic heterocycles. The summed E-state index contributed by atoms with van der Waals surface area (Å²) in [5, 5.41) is 8.74. The number of imidazole rings is 1. The van der Waals surface area contributed by atoms with E-state index in [9.17, 15) is 9.59 Å². The summed E-state index contributed by atoms with van der Waals surface area (Å²) < 4.78 is 1.87. The van der Waals surface area contributed by atoms with E-state index in [0.717, 1.165) is 12.1 Å². The van der Waals surface area contributed by atoms with Crippen LogP contribution in [0.1, 0.15) is 25.5 Å². The highest BCUT2D eigenvalue weighted by molar-refractivity contribution is 5.79. The predicted octanol–water partition coefficient (Wildman–Crippen LogP) is 1.59. The standard InChI is InChI=1S/C15H19N3O3/c1-2-7-17(9-6-15(20)21)14(19)10-12-11-18-8-4-3-5-13(18)16-12/h3-5,8,11H,2,6-7,9-10H2,1H3,(H,20,21). The minimum Gasteiger partial charge on any atom is -0.481 e. The highest BCUT2D eigenvalue weighted by Gasteiger charge is 2.16. The molecule has 1 amide bonds. The zero-order valence-electron chi connectivity index (χ0n) is 12.0. The molecule has 1 N–H and O–H groups in total. The maximum absolute atomic E-state index is 12.3. The number of carbonyl (C=O) groups is 2. The molecule has 0 radical (unpaired) electrons. The molecule has 2 heterocycles. The number of hydrogen-bond donors (Lipinski definition) is 1. The van der Waals surface area contributed by atoms with Gasteiger partial charge in [0, 0.05) is 25.5 Å². The van der Waals surface area contributed by atoms with Gasteiger partial charge in [-0.15, -0.1) is 0 Å². The molecule has 0 bridgehead atoms. The van der Waals surface area contributed by atoms with E-state index in [1.807, 2.05) is 41.9 Å². The Labute approximate surface area is 123 Å². The largest absolute Gasteiger partial charge is 0.481 e.